The molecule has 1 rings (SSSR count). The van der Waals surface area contributed by atoms with Crippen LogP contribution in [0, 0.1) is 6.92 Å². The molecule has 3 nitrogen and oxygen atoms in total. The molecule has 0 fully saturated rings. The number of carbonyl (C=O) groups is 1. The topological polar surface area (TPSA) is 46.5 Å². The Hall–Kier alpha value is -1.51. The van der Waals surface area contributed by atoms with Gasteiger partial charge < -0.3 is 9.84 Å². The molecular weight excluding hydrogens is 324 g/mol. The highest BCUT2D eigenvalue weighted by Crippen LogP contribution is 2.25. The van der Waals surface area contributed by atoms with Crippen molar-refractivity contribution in [1.82, 2.24) is 0 Å². The molecule has 0 heterocycles. The zero-order valence-corrected chi connectivity index (χ0v) is 17.1. The third kappa shape index (κ3) is 9.26. The summed E-state index contributed by atoms with van der Waals surface area (Å²) in [6.45, 7) is 6.72. The minimum absolute atomic E-state index is 0.117. The molecule has 148 valence electrons. The fourth-order valence-electron chi connectivity index (χ4n) is 3.26. The van der Waals surface area contributed by atoms with E-state index >= 15 is 0 Å². The second kappa shape index (κ2) is 13.7. The maximum absolute atomic E-state index is 11.9. The number of aromatic hydroxyl groups is 1. The van der Waals surface area contributed by atoms with Gasteiger partial charge in [-0.1, -0.05) is 77.3 Å². The molecule has 0 aliphatic rings. The third-order valence-corrected chi connectivity index (χ3v) is 4.95. The highest BCUT2D eigenvalue weighted by molar-refractivity contribution is 5.69. The van der Waals surface area contributed by atoms with E-state index in [0.29, 0.717) is 25.2 Å². The summed E-state index contributed by atoms with van der Waals surface area (Å²) in [5, 5.41) is 9.97. The van der Waals surface area contributed by atoms with Crippen molar-refractivity contribution in [3.63, 3.8) is 0 Å². The molecule has 0 atom stereocenters. The molecular formula is C23H38O3. The number of benzene rings is 1. The van der Waals surface area contributed by atoms with Gasteiger partial charge in [0.2, 0.25) is 0 Å². The molecule has 0 saturated carbocycles. The lowest BCUT2D eigenvalue weighted by Gasteiger charge is -2.10. The number of esters is 1. The molecule has 0 unspecified atom stereocenters. The van der Waals surface area contributed by atoms with Gasteiger partial charge >= 0.3 is 5.97 Å². The van der Waals surface area contributed by atoms with Crippen molar-refractivity contribution in [2.75, 3.05) is 6.61 Å². The quantitative estimate of drug-likeness (QED) is 0.313. The van der Waals surface area contributed by atoms with Crippen LogP contribution in [0.3, 0.4) is 0 Å². The highest BCUT2D eigenvalue weighted by atomic mass is 16.5. The van der Waals surface area contributed by atoms with E-state index in [2.05, 4.69) is 6.92 Å². The molecule has 0 radical (unpaired) electrons. The van der Waals surface area contributed by atoms with E-state index in [0.717, 1.165) is 36.0 Å². The number of hydrogen-bond acceptors (Lipinski definition) is 3. The molecule has 1 aromatic rings. The molecule has 1 N–H and O–H groups in total. The van der Waals surface area contributed by atoms with Crippen LogP contribution in [0.4, 0.5) is 0 Å². The molecule has 0 aliphatic heterocycles. The summed E-state index contributed by atoms with van der Waals surface area (Å²) in [5.41, 5.74) is 2.92. The Kier molecular flexibility index (Phi) is 11.8. The number of unbranched alkanes of at least 4 members (excludes halogenated alkanes) is 8. The van der Waals surface area contributed by atoms with E-state index in [1.165, 1.54) is 44.9 Å². The van der Waals surface area contributed by atoms with Crippen molar-refractivity contribution in [3.05, 3.63) is 28.8 Å². The molecule has 26 heavy (non-hydrogen) atoms. The van der Waals surface area contributed by atoms with E-state index in [1.807, 2.05) is 26.0 Å². The minimum atomic E-state index is -0.117. The van der Waals surface area contributed by atoms with Crippen molar-refractivity contribution < 1.29 is 14.6 Å². The number of ether oxygens (including phenoxy) is 1. The Morgan fingerprint density at radius 1 is 0.962 bits per heavy atom. The minimum Gasteiger partial charge on any atom is -0.507 e. The average Bonchev–Trinajstić information content (AvgIpc) is 2.64. The van der Waals surface area contributed by atoms with E-state index in [4.69, 9.17) is 4.74 Å². The van der Waals surface area contributed by atoms with E-state index in [1.54, 1.807) is 0 Å². The first-order valence-corrected chi connectivity index (χ1v) is 10.6. The first-order chi connectivity index (χ1) is 12.6. The number of phenolic OH excluding ortho intramolecular Hbond substituents is 1. The third-order valence-electron chi connectivity index (χ3n) is 4.95. The predicted octanol–water partition coefficient (Wildman–Crippen LogP) is 6.27. The normalized spacial score (nSPS) is 10.9. The summed E-state index contributed by atoms with van der Waals surface area (Å²) in [6, 6.07) is 3.96. The molecule has 0 amide bonds. The summed E-state index contributed by atoms with van der Waals surface area (Å²) in [7, 11) is 0. The SMILES string of the molecule is CCCCCCCCCCCOC(=O)CCc1cc(C)c(O)c(CC)c1. The van der Waals surface area contributed by atoms with Gasteiger partial charge in [-0.2, -0.15) is 0 Å². The number of phenols is 1. The lowest BCUT2D eigenvalue weighted by atomic mass is 10.0. The first kappa shape index (κ1) is 22.5. The van der Waals surface area contributed by atoms with E-state index < -0.39 is 0 Å². The van der Waals surface area contributed by atoms with Gasteiger partial charge in [0, 0.05) is 6.42 Å². The fraction of sp³-hybridized carbons (Fsp3) is 0.696. The van der Waals surface area contributed by atoms with Gasteiger partial charge in [0.25, 0.3) is 0 Å². The zero-order chi connectivity index (χ0) is 19.2. The Morgan fingerprint density at radius 3 is 2.19 bits per heavy atom. The van der Waals surface area contributed by atoms with Crippen LogP contribution in [0.1, 0.15) is 94.7 Å². The molecule has 1 aromatic carbocycles. The summed E-state index contributed by atoms with van der Waals surface area (Å²) in [6.07, 6.45) is 13.3. The van der Waals surface area contributed by atoms with E-state index in [-0.39, 0.29) is 5.97 Å². The maximum atomic E-state index is 11.9. The van der Waals surface area contributed by atoms with Gasteiger partial charge in [0.1, 0.15) is 5.75 Å². The summed E-state index contributed by atoms with van der Waals surface area (Å²) >= 11 is 0. The molecule has 0 aromatic heterocycles. The van der Waals surface area contributed by atoms with Crippen molar-refractivity contribution in [1.29, 1.82) is 0 Å². The van der Waals surface area contributed by atoms with Gasteiger partial charge in [-0.25, -0.2) is 0 Å². The van der Waals surface area contributed by atoms with Crippen LogP contribution in [0.25, 0.3) is 0 Å². The van der Waals surface area contributed by atoms with Crippen molar-refractivity contribution in [2.24, 2.45) is 0 Å². The van der Waals surface area contributed by atoms with Crippen LogP contribution in [-0.2, 0) is 22.4 Å². The van der Waals surface area contributed by atoms with Crippen molar-refractivity contribution in [2.45, 2.75) is 97.8 Å². The summed E-state index contributed by atoms with van der Waals surface area (Å²) in [5.74, 6) is 0.262. The second-order valence-electron chi connectivity index (χ2n) is 7.32. The number of aryl methyl sites for hydroxylation is 3. The maximum Gasteiger partial charge on any atom is 0.306 e. The van der Waals surface area contributed by atoms with E-state index in [9.17, 15) is 9.90 Å². The lowest BCUT2D eigenvalue weighted by molar-refractivity contribution is -0.143. The van der Waals surface area contributed by atoms with Gasteiger partial charge in [0.15, 0.2) is 0 Å². The Labute approximate surface area is 160 Å². The second-order valence-corrected chi connectivity index (χ2v) is 7.32. The van der Waals surface area contributed by atoms with Crippen LogP contribution < -0.4 is 0 Å². The van der Waals surface area contributed by atoms with Crippen molar-refractivity contribution >= 4 is 5.97 Å². The first-order valence-electron chi connectivity index (χ1n) is 10.6. The monoisotopic (exact) mass is 362 g/mol. The molecule has 0 bridgehead atoms. The largest absolute Gasteiger partial charge is 0.507 e. The van der Waals surface area contributed by atoms with Crippen LogP contribution >= 0.6 is 0 Å². The standard InChI is InChI=1S/C23H38O3/c1-4-6-7-8-9-10-11-12-13-16-26-22(24)15-14-20-17-19(3)23(25)21(5-2)18-20/h17-18,25H,4-16H2,1-3H3. The fourth-order valence-corrected chi connectivity index (χ4v) is 3.26. The Balaban J connectivity index is 2.10. The summed E-state index contributed by atoms with van der Waals surface area (Å²) < 4.78 is 5.35. The summed E-state index contributed by atoms with van der Waals surface area (Å²) in [4.78, 5) is 11.9. The van der Waals surface area contributed by atoms with Crippen LogP contribution in [0.2, 0.25) is 0 Å². The van der Waals surface area contributed by atoms with Gasteiger partial charge in [0.05, 0.1) is 6.61 Å². The predicted molar refractivity (Wildman–Crippen MR) is 109 cm³/mol. The van der Waals surface area contributed by atoms with Crippen LogP contribution in [0.5, 0.6) is 5.75 Å². The highest BCUT2D eigenvalue weighted by Gasteiger charge is 2.08. The molecule has 0 aliphatic carbocycles. The number of hydrogen-bond donors (Lipinski definition) is 1. The Morgan fingerprint density at radius 2 is 1.58 bits per heavy atom. The smallest absolute Gasteiger partial charge is 0.306 e. The molecule has 0 saturated heterocycles. The van der Waals surface area contributed by atoms with Crippen molar-refractivity contribution in [3.8, 4) is 5.75 Å². The molecule has 0 spiro atoms. The van der Waals surface area contributed by atoms with Gasteiger partial charge in [-0.3, -0.25) is 4.79 Å². The Bertz CT molecular complexity index is 522. The zero-order valence-electron chi connectivity index (χ0n) is 17.1. The number of rotatable bonds is 14. The van der Waals surface area contributed by atoms with Crippen LogP contribution in [0.15, 0.2) is 12.1 Å². The van der Waals surface area contributed by atoms with Gasteiger partial charge in [-0.15, -0.1) is 0 Å². The average molecular weight is 363 g/mol. The molecule has 3 heteroatoms. The van der Waals surface area contributed by atoms with Gasteiger partial charge in [-0.05, 0) is 42.9 Å². The lowest BCUT2D eigenvalue weighted by Crippen LogP contribution is -2.07. The van der Waals surface area contributed by atoms with Crippen LogP contribution in [-0.4, -0.2) is 17.7 Å². The number of carbonyl (C=O) groups excluding carboxylic acids is 1.